The number of nitrogens with two attached hydrogens (primary N) is 1. The van der Waals surface area contributed by atoms with Crippen LogP contribution in [-0.4, -0.2) is 11.7 Å². The Morgan fingerprint density at radius 3 is 2.67 bits per heavy atom. The molecule has 2 rings (SSSR count). The summed E-state index contributed by atoms with van der Waals surface area (Å²) in [7, 11) is 0. The molecule has 0 radical (unpaired) electrons. The zero-order valence-electron chi connectivity index (χ0n) is 10.9. The number of rotatable bonds is 4. The van der Waals surface area contributed by atoms with Crippen LogP contribution in [0.1, 0.15) is 50.9 Å². The summed E-state index contributed by atoms with van der Waals surface area (Å²) >= 11 is 3.42. The molecule has 18 heavy (non-hydrogen) atoms. The third-order valence-corrected chi connectivity index (χ3v) is 5.21. The van der Waals surface area contributed by atoms with Gasteiger partial charge in [-0.25, -0.2) is 0 Å². The maximum Gasteiger partial charge on any atom is 0.147 e. The van der Waals surface area contributed by atoms with E-state index in [0.717, 1.165) is 36.1 Å². The molecule has 1 saturated carbocycles. The molecule has 0 bridgehead atoms. The maximum absolute atomic E-state index is 10.6. The summed E-state index contributed by atoms with van der Waals surface area (Å²) in [5, 5.41) is 10.6. The minimum Gasteiger partial charge on any atom is -0.465 e. The third-order valence-electron chi connectivity index (χ3n) is 4.56. The monoisotopic (exact) mass is 315 g/mol. The van der Waals surface area contributed by atoms with Gasteiger partial charge in [0.1, 0.15) is 11.9 Å². The van der Waals surface area contributed by atoms with Gasteiger partial charge in [0, 0.05) is 12.0 Å². The van der Waals surface area contributed by atoms with Crippen molar-refractivity contribution in [2.24, 2.45) is 17.1 Å². The number of hydrogen-bond acceptors (Lipinski definition) is 3. The highest BCUT2D eigenvalue weighted by Gasteiger charge is 2.42. The van der Waals surface area contributed by atoms with Gasteiger partial charge in [-0.05, 0) is 53.6 Å². The number of halogens is 1. The van der Waals surface area contributed by atoms with Crippen molar-refractivity contribution in [2.45, 2.75) is 45.1 Å². The van der Waals surface area contributed by atoms with Gasteiger partial charge in [-0.3, -0.25) is 0 Å². The van der Waals surface area contributed by atoms with Gasteiger partial charge < -0.3 is 15.3 Å². The second-order valence-corrected chi connectivity index (χ2v) is 6.31. The standard InChI is InChI=1S/C14H22BrNO2/c1-2-10-3-6-14(9-16,7-4-10)13(17)12-11(15)5-8-18-12/h5,8,10,13,17H,2-4,6-7,9,16H2,1H3. The normalized spacial score (nSPS) is 30.3. The summed E-state index contributed by atoms with van der Waals surface area (Å²) in [4.78, 5) is 0. The van der Waals surface area contributed by atoms with E-state index >= 15 is 0 Å². The van der Waals surface area contributed by atoms with E-state index in [-0.39, 0.29) is 5.41 Å². The number of hydrogen-bond donors (Lipinski definition) is 2. The highest BCUT2D eigenvalue weighted by atomic mass is 79.9. The largest absolute Gasteiger partial charge is 0.465 e. The van der Waals surface area contributed by atoms with E-state index in [1.54, 1.807) is 6.26 Å². The van der Waals surface area contributed by atoms with Crippen molar-refractivity contribution in [1.29, 1.82) is 0 Å². The molecular weight excluding hydrogens is 294 g/mol. The Labute approximate surface area is 117 Å². The Morgan fingerprint density at radius 1 is 1.56 bits per heavy atom. The summed E-state index contributed by atoms with van der Waals surface area (Å²) in [5.41, 5.74) is 5.75. The molecule has 0 saturated heterocycles. The molecule has 3 N–H and O–H groups in total. The molecule has 0 spiro atoms. The second kappa shape index (κ2) is 5.76. The highest BCUT2D eigenvalue weighted by molar-refractivity contribution is 9.10. The van der Waals surface area contributed by atoms with Crippen molar-refractivity contribution in [2.75, 3.05) is 6.54 Å². The lowest BCUT2D eigenvalue weighted by molar-refractivity contribution is -0.0235. The third kappa shape index (κ3) is 2.51. The fourth-order valence-corrected chi connectivity index (χ4v) is 3.45. The van der Waals surface area contributed by atoms with Gasteiger partial charge in [-0.2, -0.15) is 0 Å². The molecule has 4 heteroatoms. The van der Waals surface area contributed by atoms with Crippen molar-refractivity contribution in [3.05, 3.63) is 22.6 Å². The van der Waals surface area contributed by atoms with Gasteiger partial charge in [0.15, 0.2) is 0 Å². The molecule has 1 aromatic heterocycles. The Bertz CT molecular complexity index is 383. The Balaban J connectivity index is 2.16. The molecule has 1 unspecified atom stereocenters. The first-order chi connectivity index (χ1) is 8.63. The molecule has 1 aliphatic carbocycles. The van der Waals surface area contributed by atoms with Crippen LogP contribution < -0.4 is 5.73 Å². The fourth-order valence-electron chi connectivity index (χ4n) is 3.03. The highest BCUT2D eigenvalue weighted by Crippen LogP contribution is 2.48. The molecule has 0 aromatic carbocycles. The summed E-state index contributed by atoms with van der Waals surface area (Å²) in [5.74, 6) is 1.41. The molecule has 102 valence electrons. The van der Waals surface area contributed by atoms with Crippen LogP contribution in [0, 0.1) is 11.3 Å². The van der Waals surface area contributed by atoms with E-state index in [2.05, 4.69) is 22.9 Å². The van der Waals surface area contributed by atoms with E-state index in [1.807, 2.05) is 6.07 Å². The van der Waals surface area contributed by atoms with Gasteiger partial charge in [0.2, 0.25) is 0 Å². The summed E-state index contributed by atoms with van der Waals surface area (Å²) in [6.45, 7) is 2.75. The van der Waals surface area contributed by atoms with Crippen LogP contribution >= 0.6 is 15.9 Å². The second-order valence-electron chi connectivity index (χ2n) is 5.45. The van der Waals surface area contributed by atoms with Crippen molar-refractivity contribution >= 4 is 15.9 Å². The lowest BCUT2D eigenvalue weighted by Crippen LogP contribution is -2.40. The Morgan fingerprint density at radius 2 is 2.22 bits per heavy atom. The van der Waals surface area contributed by atoms with Crippen LogP contribution in [0.4, 0.5) is 0 Å². The van der Waals surface area contributed by atoms with Gasteiger partial charge in [0.25, 0.3) is 0 Å². The predicted molar refractivity (Wildman–Crippen MR) is 75.1 cm³/mol. The van der Waals surface area contributed by atoms with Crippen molar-refractivity contribution in [1.82, 2.24) is 0 Å². The van der Waals surface area contributed by atoms with E-state index in [9.17, 15) is 5.11 Å². The first kappa shape index (κ1) is 14.1. The molecule has 1 heterocycles. The summed E-state index contributed by atoms with van der Waals surface area (Å²) in [6.07, 6.45) is 6.49. The molecule has 1 fully saturated rings. The minimum absolute atomic E-state index is 0.216. The van der Waals surface area contributed by atoms with Gasteiger partial charge in [0.05, 0.1) is 10.7 Å². The molecule has 1 atom stereocenters. The van der Waals surface area contributed by atoms with Crippen LogP contribution in [0.15, 0.2) is 21.2 Å². The number of aliphatic hydroxyl groups is 1. The van der Waals surface area contributed by atoms with Gasteiger partial charge in [-0.1, -0.05) is 13.3 Å². The SMILES string of the molecule is CCC1CCC(CN)(C(O)c2occc2Br)CC1. The van der Waals surface area contributed by atoms with Crippen LogP contribution in [0.5, 0.6) is 0 Å². The number of aliphatic hydroxyl groups excluding tert-OH is 1. The molecule has 0 aliphatic heterocycles. The topological polar surface area (TPSA) is 59.4 Å². The molecule has 0 amide bonds. The van der Waals surface area contributed by atoms with Crippen LogP contribution in [0.3, 0.4) is 0 Å². The molecule has 1 aromatic rings. The van der Waals surface area contributed by atoms with Gasteiger partial charge >= 0.3 is 0 Å². The van der Waals surface area contributed by atoms with Gasteiger partial charge in [-0.15, -0.1) is 0 Å². The average Bonchev–Trinajstić information content (AvgIpc) is 2.84. The average molecular weight is 316 g/mol. The Hall–Kier alpha value is -0.320. The van der Waals surface area contributed by atoms with E-state index in [4.69, 9.17) is 10.2 Å². The van der Waals surface area contributed by atoms with E-state index in [1.165, 1.54) is 6.42 Å². The summed E-state index contributed by atoms with van der Waals surface area (Å²) < 4.78 is 6.24. The number of furan rings is 1. The molecule has 1 aliphatic rings. The predicted octanol–water partition coefficient (Wildman–Crippen LogP) is 3.62. The summed E-state index contributed by atoms with van der Waals surface area (Å²) in [6, 6.07) is 1.82. The zero-order valence-corrected chi connectivity index (χ0v) is 12.4. The maximum atomic E-state index is 10.6. The molecular formula is C14H22BrNO2. The lowest BCUT2D eigenvalue weighted by atomic mass is 9.66. The smallest absolute Gasteiger partial charge is 0.147 e. The van der Waals surface area contributed by atoms with Crippen molar-refractivity contribution in [3.8, 4) is 0 Å². The molecule has 3 nitrogen and oxygen atoms in total. The Kier molecular flexibility index (Phi) is 4.51. The van der Waals surface area contributed by atoms with E-state index < -0.39 is 6.10 Å². The first-order valence-electron chi connectivity index (χ1n) is 6.74. The van der Waals surface area contributed by atoms with Crippen LogP contribution in [-0.2, 0) is 0 Å². The minimum atomic E-state index is -0.607. The van der Waals surface area contributed by atoms with Crippen LogP contribution in [0.25, 0.3) is 0 Å². The first-order valence-corrected chi connectivity index (χ1v) is 7.53. The van der Waals surface area contributed by atoms with Crippen molar-refractivity contribution < 1.29 is 9.52 Å². The zero-order chi connectivity index (χ0) is 13.2. The fraction of sp³-hybridized carbons (Fsp3) is 0.714. The van der Waals surface area contributed by atoms with Crippen molar-refractivity contribution in [3.63, 3.8) is 0 Å². The quantitative estimate of drug-likeness (QED) is 0.892. The van der Waals surface area contributed by atoms with E-state index in [0.29, 0.717) is 12.3 Å². The van der Waals surface area contributed by atoms with Crippen LogP contribution in [0.2, 0.25) is 0 Å². The lowest BCUT2D eigenvalue weighted by Gasteiger charge is -2.42.